The minimum absolute atomic E-state index is 0. The highest BCUT2D eigenvalue weighted by molar-refractivity contribution is 5.85. The van der Waals surface area contributed by atoms with Gasteiger partial charge in [-0.2, -0.15) is 0 Å². The summed E-state index contributed by atoms with van der Waals surface area (Å²) < 4.78 is 5.47. The molecular weight excluding hydrogens is 409 g/mol. The fraction of sp³-hybridized carbons (Fsp3) is 0.682. The number of nitrogens with one attached hydrogen (secondary N) is 2. The zero-order valence-corrected chi connectivity index (χ0v) is 19.1. The molecule has 2 aliphatic rings. The number of halogens is 2. The Morgan fingerprint density at radius 1 is 1.17 bits per heavy atom. The number of nitrogens with zero attached hydrogens (tertiary/aromatic N) is 1. The summed E-state index contributed by atoms with van der Waals surface area (Å²) in [6, 6.07) is 10.6. The van der Waals surface area contributed by atoms with E-state index in [0.29, 0.717) is 18.3 Å². The second-order valence-corrected chi connectivity index (χ2v) is 8.14. The van der Waals surface area contributed by atoms with Crippen LogP contribution in [0.1, 0.15) is 31.7 Å². The SMILES string of the molecule is CC(CC(=O)NC(Cc1ccccc1)CN1CCOCC1)C1CCNCC1.Cl.Cl. The van der Waals surface area contributed by atoms with Crippen molar-refractivity contribution in [2.75, 3.05) is 45.9 Å². The van der Waals surface area contributed by atoms with Crippen molar-refractivity contribution in [2.24, 2.45) is 11.8 Å². The van der Waals surface area contributed by atoms with Crippen molar-refractivity contribution < 1.29 is 9.53 Å². The number of carbonyl (C=O) groups excluding carboxylic acids is 1. The predicted molar refractivity (Wildman–Crippen MR) is 123 cm³/mol. The third kappa shape index (κ3) is 9.22. The van der Waals surface area contributed by atoms with Crippen LogP contribution >= 0.6 is 24.8 Å². The van der Waals surface area contributed by atoms with Crippen LogP contribution in [-0.2, 0) is 16.0 Å². The lowest BCUT2D eigenvalue weighted by Gasteiger charge is -2.32. The lowest BCUT2D eigenvalue weighted by atomic mass is 9.84. The van der Waals surface area contributed by atoms with Crippen LogP contribution in [0.15, 0.2) is 30.3 Å². The van der Waals surface area contributed by atoms with Crippen molar-refractivity contribution in [3.05, 3.63) is 35.9 Å². The van der Waals surface area contributed by atoms with E-state index in [1.165, 1.54) is 18.4 Å². The molecule has 2 N–H and O–H groups in total. The zero-order chi connectivity index (χ0) is 18.9. The second kappa shape index (κ2) is 14.2. The molecule has 0 aromatic heterocycles. The van der Waals surface area contributed by atoms with Crippen molar-refractivity contribution in [3.8, 4) is 0 Å². The van der Waals surface area contributed by atoms with Crippen LogP contribution in [0, 0.1) is 11.8 Å². The number of amides is 1. The van der Waals surface area contributed by atoms with E-state index in [0.717, 1.165) is 52.4 Å². The van der Waals surface area contributed by atoms with Crippen molar-refractivity contribution in [1.29, 1.82) is 0 Å². The molecule has 0 bridgehead atoms. The van der Waals surface area contributed by atoms with Gasteiger partial charge >= 0.3 is 0 Å². The maximum atomic E-state index is 12.8. The van der Waals surface area contributed by atoms with E-state index >= 15 is 0 Å². The number of hydrogen-bond acceptors (Lipinski definition) is 4. The standard InChI is InChI=1S/C22H35N3O2.2ClH/c1-18(20-7-9-23-10-8-20)15-22(26)24-21(16-19-5-3-2-4-6-19)17-25-11-13-27-14-12-25;;/h2-6,18,20-21,23H,7-17H2,1H3,(H,24,26);2*1H. The summed E-state index contributed by atoms with van der Waals surface area (Å²) in [5.74, 6) is 1.33. The van der Waals surface area contributed by atoms with Gasteiger partial charge in [0.05, 0.1) is 13.2 Å². The number of piperidine rings is 1. The molecule has 5 nitrogen and oxygen atoms in total. The second-order valence-electron chi connectivity index (χ2n) is 8.14. The highest BCUT2D eigenvalue weighted by Crippen LogP contribution is 2.24. The number of hydrogen-bond donors (Lipinski definition) is 2. The lowest BCUT2D eigenvalue weighted by Crippen LogP contribution is -2.48. The molecule has 0 aliphatic carbocycles. The van der Waals surface area contributed by atoms with Gasteiger partial charge in [-0.3, -0.25) is 9.69 Å². The summed E-state index contributed by atoms with van der Waals surface area (Å²) in [6.07, 6.45) is 3.90. The molecule has 2 unspecified atom stereocenters. The third-order valence-electron chi connectivity index (χ3n) is 5.97. The van der Waals surface area contributed by atoms with Gasteiger partial charge in [-0.25, -0.2) is 0 Å². The molecule has 2 saturated heterocycles. The fourth-order valence-corrected chi connectivity index (χ4v) is 4.31. The summed E-state index contributed by atoms with van der Waals surface area (Å²) in [5.41, 5.74) is 1.28. The minimum Gasteiger partial charge on any atom is -0.379 e. The summed E-state index contributed by atoms with van der Waals surface area (Å²) in [5, 5.41) is 6.76. The van der Waals surface area contributed by atoms with E-state index in [4.69, 9.17) is 4.74 Å². The Bertz CT molecular complexity index is 564. The molecular formula is C22H37Cl2N3O2. The van der Waals surface area contributed by atoms with Crippen molar-refractivity contribution in [2.45, 2.75) is 38.6 Å². The van der Waals surface area contributed by atoms with Gasteiger partial charge in [0.2, 0.25) is 5.91 Å². The van der Waals surface area contributed by atoms with Gasteiger partial charge in [-0.05, 0) is 49.8 Å². The average molecular weight is 446 g/mol. The quantitative estimate of drug-likeness (QED) is 0.645. The molecule has 2 fully saturated rings. The molecule has 2 aliphatic heterocycles. The first kappa shape index (κ1) is 26.2. The first-order valence-corrected chi connectivity index (χ1v) is 10.5. The van der Waals surface area contributed by atoms with Crippen LogP contribution in [0.4, 0.5) is 0 Å². The summed E-state index contributed by atoms with van der Waals surface area (Å²) in [6.45, 7) is 8.79. The summed E-state index contributed by atoms with van der Waals surface area (Å²) in [4.78, 5) is 15.2. The van der Waals surface area contributed by atoms with Crippen molar-refractivity contribution in [1.82, 2.24) is 15.5 Å². The van der Waals surface area contributed by atoms with Gasteiger partial charge < -0.3 is 15.4 Å². The van der Waals surface area contributed by atoms with Crippen LogP contribution in [-0.4, -0.2) is 62.8 Å². The molecule has 3 rings (SSSR count). The molecule has 0 spiro atoms. The molecule has 1 aromatic rings. The first-order chi connectivity index (χ1) is 13.2. The normalized spacial score (nSPS) is 20.0. The summed E-state index contributed by atoms with van der Waals surface area (Å²) in [7, 11) is 0. The van der Waals surface area contributed by atoms with Crippen LogP contribution in [0.3, 0.4) is 0 Å². The van der Waals surface area contributed by atoms with Crippen LogP contribution in [0.2, 0.25) is 0 Å². The summed E-state index contributed by atoms with van der Waals surface area (Å²) >= 11 is 0. The Morgan fingerprint density at radius 3 is 2.48 bits per heavy atom. The maximum absolute atomic E-state index is 12.8. The molecule has 1 aromatic carbocycles. The molecule has 1 amide bonds. The van der Waals surface area contributed by atoms with E-state index in [2.05, 4.69) is 46.7 Å². The van der Waals surface area contributed by atoms with Gasteiger partial charge in [0, 0.05) is 32.1 Å². The molecule has 29 heavy (non-hydrogen) atoms. The lowest BCUT2D eigenvalue weighted by molar-refractivity contribution is -0.123. The predicted octanol–water partition coefficient (Wildman–Crippen LogP) is 2.92. The molecule has 0 saturated carbocycles. The Kier molecular flexibility index (Phi) is 12.8. The van der Waals surface area contributed by atoms with Crippen LogP contribution in [0.25, 0.3) is 0 Å². The van der Waals surface area contributed by atoms with E-state index in [-0.39, 0.29) is 36.8 Å². The number of rotatable bonds is 8. The van der Waals surface area contributed by atoms with E-state index < -0.39 is 0 Å². The smallest absolute Gasteiger partial charge is 0.220 e. The van der Waals surface area contributed by atoms with Gasteiger partial charge in [0.15, 0.2) is 0 Å². The Morgan fingerprint density at radius 2 is 1.83 bits per heavy atom. The number of morpholine rings is 1. The number of benzene rings is 1. The zero-order valence-electron chi connectivity index (χ0n) is 17.5. The largest absolute Gasteiger partial charge is 0.379 e. The number of carbonyl (C=O) groups is 1. The third-order valence-corrected chi connectivity index (χ3v) is 5.97. The molecule has 2 heterocycles. The molecule has 7 heteroatoms. The highest BCUT2D eigenvalue weighted by Gasteiger charge is 2.24. The highest BCUT2D eigenvalue weighted by atomic mass is 35.5. The fourth-order valence-electron chi connectivity index (χ4n) is 4.31. The monoisotopic (exact) mass is 445 g/mol. The maximum Gasteiger partial charge on any atom is 0.220 e. The topological polar surface area (TPSA) is 53.6 Å². The van der Waals surface area contributed by atoms with Crippen molar-refractivity contribution in [3.63, 3.8) is 0 Å². The van der Waals surface area contributed by atoms with Gasteiger partial charge in [0.1, 0.15) is 0 Å². The Labute approximate surface area is 188 Å². The van der Waals surface area contributed by atoms with Gasteiger partial charge in [-0.1, -0.05) is 37.3 Å². The first-order valence-electron chi connectivity index (χ1n) is 10.5. The van der Waals surface area contributed by atoms with E-state index in [9.17, 15) is 4.79 Å². The van der Waals surface area contributed by atoms with Crippen LogP contribution in [0.5, 0.6) is 0 Å². The Hall–Kier alpha value is -0.850. The van der Waals surface area contributed by atoms with E-state index in [1.54, 1.807) is 0 Å². The average Bonchev–Trinajstić information content (AvgIpc) is 2.70. The minimum atomic E-state index is 0. The molecule has 166 valence electrons. The van der Waals surface area contributed by atoms with Crippen LogP contribution < -0.4 is 10.6 Å². The molecule has 0 radical (unpaired) electrons. The van der Waals surface area contributed by atoms with Gasteiger partial charge in [-0.15, -0.1) is 24.8 Å². The molecule has 2 atom stereocenters. The van der Waals surface area contributed by atoms with Gasteiger partial charge in [0.25, 0.3) is 0 Å². The van der Waals surface area contributed by atoms with E-state index in [1.807, 2.05) is 6.07 Å². The Balaban J connectivity index is 0.00000210. The number of ether oxygens (including phenoxy) is 1. The van der Waals surface area contributed by atoms with Crippen molar-refractivity contribution >= 4 is 30.7 Å².